The second kappa shape index (κ2) is 8.93. The number of fused-ring (bicyclic) bond motifs is 1. The number of aromatic nitrogens is 1. The van der Waals surface area contributed by atoms with Gasteiger partial charge in [0.25, 0.3) is 5.91 Å². The third kappa shape index (κ3) is 4.31. The fourth-order valence-corrected chi connectivity index (χ4v) is 4.19. The molecule has 0 bridgehead atoms. The molecular formula is C19H22BrN3O4S. The summed E-state index contributed by atoms with van der Waals surface area (Å²) in [5.74, 6) is 1.36. The molecule has 3 aromatic rings. The minimum absolute atomic E-state index is 0.235. The molecule has 150 valence electrons. The molecule has 0 radical (unpaired) electrons. The number of amides is 1. The quantitative estimate of drug-likeness (QED) is 0.492. The van der Waals surface area contributed by atoms with Gasteiger partial charge in [0.1, 0.15) is 21.7 Å². The Balaban J connectivity index is 2.02. The van der Waals surface area contributed by atoms with Gasteiger partial charge in [-0.15, -0.1) is 0 Å². The van der Waals surface area contributed by atoms with Crippen LogP contribution in [0.3, 0.4) is 0 Å². The minimum atomic E-state index is -0.235. The molecule has 0 spiro atoms. The van der Waals surface area contributed by atoms with Gasteiger partial charge in [0.2, 0.25) is 0 Å². The zero-order valence-corrected chi connectivity index (χ0v) is 18.6. The number of hydrogen-bond acceptors (Lipinski definition) is 7. The number of ether oxygens (including phenoxy) is 2. The summed E-state index contributed by atoms with van der Waals surface area (Å²) in [5, 5.41) is 0.578. The Bertz CT molecular complexity index is 928. The maximum atomic E-state index is 13.1. The molecule has 0 atom stereocenters. The van der Waals surface area contributed by atoms with Crippen molar-refractivity contribution in [1.29, 1.82) is 0 Å². The van der Waals surface area contributed by atoms with Crippen LogP contribution in [-0.2, 0) is 0 Å². The lowest BCUT2D eigenvalue weighted by Crippen LogP contribution is -2.33. The standard InChI is InChI=1S/C19H22BrN3O4S/c1-22(2)10-5-11-23(18(24)14-8-9-15(20)27-14)19-21-16-12(25-3)6-7-13(26-4)17(16)28-19/h6-9H,5,10-11H2,1-4H3. The van der Waals surface area contributed by atoms with E-state index < -0.39 is 0 Å². The number of halogens is 1. The van der Waals surface area contributed by atoms with Crippen molar-refractivity contribution in [2.75, 3.05) is 46.3 Å². The molecule has 0 aliphatic heterocycles. The topological polar surface area (TPSA) is 68.0 Å². The van der Waals surface area contributed by atoms with E-state index in [2.05, 4.69) is 20.8 Å². The van der Waals surface area contributed by atoms with Crippen molar-refractivity contribution in [3.63, 3.8) is 0 Å². The third-order valence-electron chi connectivity index (χ3n) is 4.15. The molecule has 0 unspecified atom stereocenters. The van der Waals surface area contributed by atoms with E-state index in [4.69, 9.17) is 18.9 Å². The van der Waals surface area contributed by atoms with E-state index in [1.807, 2.05) is 26.2 Å². The van der Waals surface area contributed by atoms with Crippen LogP contribution in [0.2, 0.25) is 0 Å². The first-order valence-corrected chi connectivity index (χ1v) is 10.3. The van der Waals surface area contributed by atoms with Gasteiger partial charge in [-0.05, 0) is 67.3 Å². The summed E-state index contributed by atoms with van der Waals surface area (Å²) in [7, 11) is 7.22. The molecule has 1 aromatic carbocycles. The SMILES string of the molecule is COc1ccc(OC)c2sc(N(CCCN(C)C)C(=O)c3ccc(Br)o3)nc12. The maximum absolute atomic E-state index is 13.1. The van der Waals surface area contributed by atoms with Crippen molar-refractivity contribution >= 4 is 48.5 Å². The van der Waals surface area contributed by atoms with E-state index in [9.17, 15) is 4.79 Å². The summed E-state index contributed by atoms with van der Waals surface area (Å²) in [4.78, 5) is 21.5. The molecule has 0 N–H and O–H groups in total. The number of thiazole rings is 1. The second-order valence-corrected chi connectivity index (χ2v) is 8.12. The summed E-state index contributed by atoms with van der Waals surface area (Å²) in [5.41, 5.74) is 0.674. The predicted molar refractivity (Wildman–Crippen MR) is 114 cm³/mol. The summed E-state index contributed by atoms with van der Waals surface area (Å²) >= 11 is 4.65. The highest BCUT2D eigenvalue weighted by Gasteiger charge is 2.25. The van der Waals surface area contributed by atoms with Gasteiger partial charge in [-0.3, -0.25) is 9.69 Å². The number of nitrogens with zero attached hydrogens (tertiary/aromatic N) is 3. The highest BCUT2D eigenvalue weighted by atomic mass is 79.9. The van der Waals surface area contributed by atoms with Crippen LogP contribution in [0.25, 0.3) is 10.2 Å². The zero-order valence-electron chi connectivity index (χ0n) is 16.2. The average molecular weight is 468 g/mol. The molecule has 2 heterocycles. The lowest BCUT2D eigenvalue weighted by atomic mass is 10.3. The number of rotatable bonds is 8. The number of carbonyl (C=O) groups excluding carboxylic acids is 1. The van der Waals surface area contributed by atoms with Crippen molar-refractivity contribution in [3.05, 3.63) is 34.7 Å². The second-order valence-electron chi connectivity index (χ2n) is 6.36. The number of methoxy groups -OCH3 is 2. The van der Waals surface area contributed by atoms with Crippen LogP contribution in [0.5, 0.6) is 11.5 Å². The maximum Gasteiger partial charge on any atom is 0.295 e. The lowest BCUT2D eigenvalue weighted by molar-refractivity contribution is 0.0958. The molecule has 9 heteroatoms. The van der Waals surface area contributed by atoms with Gasteiger partial charge < -0.3 is 18.8 Å². The fraction of sp³-hybridized carbons (Fsp3) is 0.368. The van der Waals surface area contributed by atoms with Gasteiger partial charge >= 0.3 is 0 Å². The van der Waals surface area contributed by atoms with Crippen molar-refractivity contribution in [3.8, 4) is 11.5 Å². The molecule has 28 heavy (non-hydrogen) atoms. The Hall–Kier alpha value is -2.10. The van der Waals surface area contributed by atoms with E-state index in [0.29, 0.717) is 33.4 Å². The highest BCUT2D eigenvalue weighted by molar-refractivity contribution is 9.10. The van der Waals surface area contributed by atoms with Gasteiger partial charge in [0.15, 0.2) is 15.6 Å². The molecule has 7 nitrogen and oxygen atoms in total. The molecule has 1 amide bonds. The van der Waals surface area contributed by atoms with Crippen molar-refractivity contribution in [1.82, 2.24) is 9.88 Å². The van der Waals surface area contributed by atoms with Gasteiger partial charge in [-0.25, -0.2) is 4.98 Å². The molecule has 0 saturated carbocycles. The van der Waals surface area contributed by atoms with E-state index in [-0.39, 0.29) is 11.7 Å². The Morgan fingerprint density at radius 2 is 1.86 bits per heavy atom. The van der Waals surface area contributed by atoms with E-state index in [0.717, 1.165) is 17.7 Å². The van der Waals surface area contributed by atoms with Crippen LogP contribution >= 0.6 is 27.3 Å². The van der Waals surface area contributed by atoms with Gasteiger partial charge in [-0.1, -0.05) is 11.3 Å². The molecule has 0 saturated heterocycles. The van der Waals surface area contributed by atoms with Crippen molar-refractivity contribution in [2.24, 2.45) is 0 Å². The smallest absolute Gasteiger partial charge is 0.295 e. The first kappa shape index (κ1) is 20.6. The Morgan fingerprint density at radius 3 is 2.46 bits per heavy atom. The summed E-state index contributed by atoms with van der Waals surface area (Å²) < 4.78 is 17.7. The van der Waals surface area contributed by atoms with Crippen LogP contribution < -0.4 is 14.4 Å². The van der Waals surface area contributed by atoms with E-state index >= 15 is 0 Å². The molecule has 0 aliphatic carbocycles. The number of hydrogen-bond donors (Lipinski definition) is 0. The number of furan rings is 1. The Labute approximate surface area is 176 Å². The van der Waals surface area contributed by atoms with Crippen LogP contribution in [0.1, 0.15) is 17.0 Å². The average Bonchev–Trinajstić information content (AvgIpc) is 3.30. The van der Waals surface area contributed by atoms with Gasteiger partial charge in [0, 0.05) is 6.54 Å². The summed E-state index contributed by atoms with van der Waals surface area (Å²) in [6.07, 6.45) is 0.796. The van der Waals surface area contributed by atoms with Gasteiger partial charge in [0.05, 0.1) is 14.2 Å². The number of carbonyl (C=O) groups is 1. The van der Waals surface area contributed by atoms with Crippen molar-refractivity contribution < 1.29 is 18.7 Å². The molecule has 0 fully saturated rings. The molecule has 2 aromatic heterocycles. The fourth-order valence-electron chi connectivity index (χ4n) is 2.78. The van der Waals surface area contributed by atoms with E-state index in [1.54, 1.807) is 31.3 Å². The Morgan fingerprint density at radius 1 is 1.14 bits per heavy atom. The first-order valence-electron chi connectivity index (χ1n) is 8.68. The largest absolute Gasteiger partial charge is 0.495 e. The van der Waals surface area contributed by atoms with E-state index in [1.165, 1.54) is 11.3 Å². The van der Waals surface area contributed by atoms with Crippen LogP contribution in [0.4, 0.5) is 5.13 Å². The predicted octanol–water partition coefficient (Wildman–Crippen LogP) is 4.27. The molecule has 3 rings (SSSR count). The van der Waals surface area contributed by atoms with Crippen LogP contribution in [0.15, 0.2) is 33.4 Å². The van der Waals surface area contributed by atoms with Crippen molar-refractivity contribution in [2.45, 2.75) is 6.42 Å². The van der Waals surface area contributed by atoms with Gasteiger partial charge in [-0.2, -0.15) is 0 Å². The zero-order chi connectivity index (χ0) is 20.3. The summed E-state index contributed by atoms with van der Waals surface area (Å²) in [6, 6.07) is 7.01. The van der Waals surface area contributed by atoms with Crippen LogP contribution in [0, 0.1) is 0 Å². The monoisotopic (exact) mass is 467 g/mol. The Kier molecular flexibility index (Phi) is 6.58. The summed E-state index contributed by atoms with van der Waals surface area (Å²) in [6.45, 7) is 1.36. The normalized spacial score (nSPS) is 11.2. The van der Waals surface area contributed by atoms with Crippen LogP contribution in [-0.4, -0.2) is 57.2 Å². The minimum Gasteiger partial charge on any atom is -0.495 e. The number of benzene rings is 1. The lowest BCUT2D eigenvalue weighted by Gasteiger charge is -2.19. The highest BCUT2D eigenvalue weighted by Crippen LogP contribution is 2.40. The first-order chi connectivity index (χ1) is 13.4. The molecular weight excluding hydrogens is 446 g/mol. The number of anilines is 1. The molecule has 0 aliphatic rings. The third-order valence-corrected chi connectivity index (χ3v) is 5.67.